The highest BCUT2D eigenvalue weighted by Crippen LogP contribution is 2.23. The van der Waals surface area contributed by atoms with Crippen LogP contribution in [0.1, 0.15) is 19.0 Å². The maximum Gasteiger partial charge on any atom is 0.318 e. The normalized spacial score (nSPS) is 14.1. The van der Waals surface area contributed by atoms with Crippen molar-refractivity contribution in [1.82, 2.24) is 4.98 Å². The number of carboxylic acid groups (broad SMARTS) is 1. The predicted octanol–water partition coefficient (Wildman–Crippen LogP) is 0.590. The van der Waals surface area contributed by atoms with E-state index in [0.29, 0.717) is 6.42 Å². The lowest BCUT2D eigenvalue weighted by Gasteiger charge is -2.20. The van der Waals surface area contributed by atoms with Crippen molar-refractivity contribution < 1.29 is 14.7 Å². The standard InChI is InChI=1S/C11H14N2O3/c1-11(9(12)14,10(15)16)6-5-8-4-2-3-7-13-8/h2-4,7H,5-6H2,1H3,(H2,12,14)(H,15,16). The molecule has 5 nitrogen and oxygen atoms in total. The summed E-state index contributed by atoms with van der Waals surface area (Å²) in [6.07, 6.45) is 2.18. The summed E-state index contributed by atoms with van der Waals surface area (Å²) in [6, 6.07) is 5.36. The van der Waals surface area contributed by atoms with Crippen LogP contribution in [0.3, 0.4) is 0 Å². The lowest BCUT2D eigenvalue weighted by Crippen LogP contribution is -2.41. The molecule has 1 unspecified atom stereocenters. The molecule has 1 heterocycles. The molecule has 1 rings (SSSR count). The molecule has 1 aromatic rings. The molecule has 0 aliphatic rings. The number of pyridine rings is 1. The van der Waals surface area contributed by atoms with E-state index < -0.39 is 17.3 Å². The largest absolute Gasteiger partial charge is 0.480 e. The van der Waals surface area contributed by atoms with Crippen LogP contribution in [0.4, 0.5) is 0 Å². The van der Waals surface area contributed by atoms with Gasteiger partial charge in [0.1, 0.15) is 5.41 Å². The molecule has 0 aliphatic heterocycles. The molecule has 0 aromatic carbocycles. The van der Waals surface area contributed by atoms with Crippen LogP contribution in [0.15, 0.2) is 24.4 Å². The fourth-order valence-corrected chi connectivity index (χ4v) is 1.26. The van der Waals surface area contributed by atoms with Crippen molar-refractivity contribution >= 4 is 11.9 Å². The molecule has 0 radical (unpaired) electrons. The van der Waals surface area contributed by atoms with Gasteiger partial charge in [-0.3, -0.25) is 14.6 Å². The highest BCUT2D eigenvalue weighted by Gasteiger charge is 2.39. The topological polar surface area (TPSA) is 93.3 Å². The number of aromatic nitrogens is 1. The second-order valence-electron chi connectivity index (χ2n) is 3.82. The van der Waals surface area contributed by atoms with Crippen LogP contribution in [0.5, 0.6) is 0 Å². The van der Waals surface area contributed by atoms with Crippen molar-refractivity contribution in [3.8, 4) is 0 Å². The molecular formula is C11H14N2O3. The first-order chi connectivity index (χ1) is 7.47. The van der Waals surface area contributed by atoms with Crippen LogP contribution in [0, 0.1) is 5.41 Å². The molecule has 5 heteroatoms. The third kappa shape index (κ3) is 2.56. The summed E-state index contributed by atoms with van der Waals surface area (Å²) in [5, 5.41) is 8.96. The van der Waals surface area contributed by atoms with Crippen molar-refractivity contribution in [1.29, 1.82) is 0 Å². The molecule has 0 bridgehead atoms. The maximum absolute atomic E-state index is 11.1. The average Bonchev–Trinajstić information content (AvgIpc) is 2.26. The number of aliphatic carboxylic acids is 1. The van der Waals surface area contributed by atoms with E-state index >= 15 is 0 Å². The van der Waals surface area contributed by atoms with Gasteiger partial charge in [0.15, 0.2) is 0 Å². The quantitative estimate of drug-likeness (QED) is 0.713. The van der Waals surface area contributed by atoms with Crippen molar-refractivity contribution in [2.24, 2.45) is 11.1 Å². The molecule has 0 saturated heterocycles. The van der Waals surface area contributed by atoms with E-state index in [1.165, 1.54) is 6.92 Å². The molecular weight excluding hydrogens is 208 g/mol. The van der Waals surface area contributed by atoms with Crippen LogP contribution in [0.25, 0.3) is 0 Å². The molecule has 0 spiro atoms. The summed E-state index contributed by atoms with van der Waals surface area (Å²) < 4.78 is 0. The smallest absolute Gasteiger partial charge is 0.318 e. The molecule has 3 N–H and O–H groups in total. The summed E-state index contributed by atoms with van der Waals surface area (Å²) in [7, 11) is 0. The van der Waals surface area contributed by atoms with E-state index in [2.05, 4.69) is 4.98 Å². The van der Waals surface area contributed by atoms with Crippen molar-refractivity contribution in [3.63, 3.8) is 0 Å². The minimum atomic E-state index is -1.53. The van der Waals surface area contributed by atoms with Gasteiger partial charge in [-0.2, -0.15) is 0 Å². The minimum Gasteiger partial charge on any atom is -0.480 e. The number of carboxylic acids is 1. The Morgan fingerprint density at radius 2 is 2.19 bits per heavy atom. The number of hydrogen-bond acceptors (Lipinski definition) is 3. The Labute approximate surface area is 93.3 Å². The molecule has 1 aromatic heterocycles. The molecule has 0 fully saturated rings. The number of hydrogen-bond donors (Lipinski definition) is 2. The van der Waals surface area contributed by atoms with Crippen LogP contribution >= 0.6 is 0 Å². The van der Waals surface area contributed by atoms with Crippen molar-refractivity contribution in [2.75, 3.05) is 0 Å². The molecule has 0 saturated carbocycles. The molecule has 86 valence electrons. The van der Waals surface area contributed by atoms with E-state index in [9.17, 15) is 9.59 Å². The Morgan fingerprint density at radius 1 is 1.50 bits per heavy atom. The van der Waals surface area contributed by atoms with E-state index in [-0.39, 0.29) is 6.42 Å². The number of aryl methyl sites for hydroxylation is 1. The lowest BCUT2D eigenvalue weighted by molar-refractivity contribution is -0.153. The number of carbonyl (C=O) groups is 2. The monoisotopic (exact) mass is 222 g/mol. The molecule has 16 heavy (non-hydrogen) atoms. The van der Waals surface area contributed by atoms with E-state index in [1.54, 1.807) is 18.3 Å². The Balaban J connectivity index is 2.72. The summed E-state index contributed by atoms with van der Waals surface area (Å²) in [6.45, 7) is 1.33. The zero-order chi connectivity index (χ0) is 12.2. The third-order valence-electron chi connectivity index (χ3n) is 2.62. The Hall–Kier alpha value is -1.91. The van der Waals surface area contributed by atoms with Gasteiger partial charge in [0.25, 0.3) is 0 Å². The Kier molecular flexibility index (Phi) is 3.60. The highest BCUT2D eigenvalue weighted by atomic mass is 16.4. The van der Waals surface area contributed by atoms with Crippen LogP contribution < -0.4 is 5.73 Å². The zero-order valence-corrected chi connectivity index (χ0v) is 9.01. The van der Waals surface area contributed by atoms with Crippen LogP contribution in [0.2, 0.25) is 0 Å². The molecule has 1 amide bonds. The van der Waals surface area contributed by atoms with Crippen LogP contribution in [-0.2, 0) is 16.0 Å². The molecule has 0 aliphatic carbocycles. The molecule has 1 atom stereocenters. The third-order valence-corrected chi connectivity index (χ3v) is 2.62. The average molecular weight is 222 g/mol. The zero-order valence-electron chi connectivity index (χ0n) is 9.01. The predicted molar refractivity (Wildman–Crippen MR) is 57.5 cm³/mol. The Morgan fingerprint density at radius 3 is 2.62 bits per heavy atom. The first kappa shape index (κ1) is 12.2. The second-order valence-corrected chi connectivity index (χ2v) is 3.82. The van der Waals surface area contributed by atoms with Gasteiger partial charge in [-0.25, -0.2) is 0 Å². The van der Waals surface area contributed by atoms with E-state index in [4.69, 9.17) is 10.8 Å². The minimum absolute atomic E-state index is 0.147. The van der Waals surface area contributed by atoms with Gasteiger partial charge in [-0.15, -0.1) is 0 Å². The van der Waals surface area contributed by atoms with Gasteiger partial charge in [0, 0.05) is 11.9 Å². The highest BCUT2D eigenvalue weighted by molar-refractivity contribution is 6.00. The van der Waals surface area contributed by atoms with Gasteiger partial charge in [0.2, 0.25) is 5.91 Å². The number of primary amides is 1. The van der Waals surface area contributed by atoms with Gasteiger partial charge >= 0.3 is 5.97 Å². The Bertz CT molecular complexity index is 375. The van der Waals surface area contributed by atoms with E-state index in [1.807, 2.05) is 6.07 Å². The summed E-state index contributed by atoms with van der Waals surface area (Å²) in [4.78, 5) is 26.1. The first-order valence-corrected chi connectivity index (χ1v) is 4.90. The fourth-order valence-electron chi connectivity index (χ4n) is 1.26. The maximum atomic E-state index is 11.1. The first-order valence-electron chi connectivity index (χ1n) is 4.90. The van der Waals surface area contributed by atoms with Gasteiger partial charge in [0.05, 0.1) is 0 Å². The summed E-state index contributed by atoms with van der Waals surface area (Å²) in [5.41, 5.74) is 4.31. The van der Waals surface area contributed by atoms with Crippen molar-refractivity contribution in [2.45, 2.75) is 19.8 Å². The van der Waals surface area contributed by atoms with Gasteiger partial charge in [-0.05, 0) is 31.9 Å². The van der Waals surface area contributed by atoms with E-state index in [0.717, 1.165) is 5.69 Å². The summed E-state index contributed by atoms with van der Waals surface area (Å²) in [5.74, 6) is -2.02. The number of carbonyl (C=O) groups excluding carboxylic acids is 1. The van der Waals surface area contributed by atoms with Crippen LogP contribution in [-0.4, -0.2) is 22.0 Å². The SMILES string of the molecule is CC(CCc1ccccn1)(C(N)=O)C(=O)O. The van der Waals surface area contributed by atoms with Crippen molar-refractivity contribution in [3.05, 3.63) is 30.1 Å². The number of rotatable bonds is 5. The van der Waals surface area contributed by atoms with Gasteiger partial charge in [-0.1, -0.05) is 6.07 Å². The number of amides is 1. The summed E-state index contributed by atoms with van der Waals surface area (Å²) >= 11 is 0. The number of nitrogens with zero attached hydrogens (tertiary/aromatic N) is 1. The van der Waals surface area contributed by atoms with Gasteiger partial charge < -0.3 is 10.8 Å². The fraction of sp³-hybridized carbons (Fsp3) is 0.364. The number of nitrogens with two attached hydrogens (primary N) is 1. The lowest BCUT2D eigenvalue weighted by atomic mass is 9.84. The second kappa shape index (κ2) is 4.74.